The van der Waals surface area contributed by atoms with E-state index in [1.807, 2.05) is 45.9 Å². The minimum absolute atomic E-state index is 0.0350. The molecule has 0 radical (unpaired) electrons. The van der Waals surface area contributed by atoms with Gasteiger partial charge in [-0.2, -0.15) is 0 Å². The topological polar surface area (TPSA) is 59.6 Å². The molecule has 0 saturated carbocycles. The monoisotopic (exact) mass is 320 g/mol. The summed E-state index contributed by atoms with van der Waals surface area (Å²) in [6, 6.07) is 5.78. The fourth-order valence-corrected chi connectivity index (χ4v) is 2.64. The lowest BCUT2D eigenvalue weighted by Gasteiger charge is -2.32. The van der Waals surface area contributed by atoms with Crippen LogP contribution in [0.3, 0.4) is 0 Å². The van der Waals surface area contributed by atoms with Crippen molar-refractivity contribution >= 4 is 5.91 Å². The smallest absolute Gasteiger partial charge is 0.223 e. The highest BCUT2D eigenvalue weighted by Gasteiger charge is 2.29. The van der Waals surface area contributed by atoms with Crippen LogP contribution in [-0.2, 0) is 4.79 Å². The molecule has 2 unspecified atom stereocenters. The van der Waals surface area contributed by atoms with Crippen LogP contribution < -0.4 is 20.1 Å². The second-order valence-electron chi connectivity index (χ2n) is 6.01. The van der Waals surface area contributed by atoms with Crippen molar-refractivity contribution in [1.29, 1.82) is 0 Å². The Bertz CT molecular complexity index is 529. The van der Waals surface area contributed by atoms with Crippen LogP contribution in [0.5, 0.6) is 11.5 Å². The van der Waals surface area contributed by atoms with Gasteiger partial charge in [-0.05, 0) is 57.5 Å². The summed E-state index contributed by atoms with van der Waals surface area (Å²) in [5.41, 5.74) is 1.02. The van der Waals surface area contributed by atoms with Gasteiger partial charge < -0.3 is 20.1 Å². The normalized spacial score (nSPS) is 17.0. The fourth-order valence-electron chi connectivity index (χ4n) is 2.64. The van der Waals surface area contributed by atoms with Gasteiger partial charge in [0.2, 0.25) is 5.91 Å². The molecule has 5 nitrogen and oxygen atoms in total. The van der Waals surface area contributed by atoms with Crippen molar-refractivity contribution in [3.8, 4) is 11.5 Å². The van der Waals surface area contributed by atoms with Gasteiger partial charge in [-0.25, -0.2) is 0 Å². The van der Waals surface area contributed by atoms with Crippen LogP contribution >= 0.6 is 0 Å². The number of amides is 1. The predicted molar refractivity (Wildman–Crippen MR) is 90.9 cm³/mol. The molecule has 23 heavy (non-hydrogen) atoms. The Morgan fingerprint density at radius 3 is 2.43 bits per heavy atom. The Balaban J connectivity index is 2.04. The van der Waals surface area contributed by atoms with Gasteiger partial charge in [-0.3, -0.25) is 4.79 Å². The molecular weight excluding hydrogens is 292 g/mol. The van der Waals surface area contributed by atoms with Crippen LogP contribution in [0.2, 0.25) is 0 Å². The summed E-state index contributed by atoms with van der Waals surface area (Å²) >= 11 is 0. The average Bonchev–Trinajstić information content (AvgIpc) is 2.47. The number of hydrogen-bond donors (Lipinski definition) is 2. The first kappa shape index (κ1) is 17.6. The number of benzene rings is 1. The molecule has 1 aromatic rings. The van der Waals surface area contributed by atoms with Gasteiger partial charge in [0.1, 0.15) is 0 Å². The molecule has 1 aliphatic heterocycles. The van der Waals surface area contributed by atoms with Crippen LogP contribution in [0.1, 0.15) is 39.3 Å². The lowest BCUT2D eigenvalue weighted by molar-refractivity contribution is -0.127. The molecular formula is C18H28N2O3. The number of carbonyl (C=O) groups is 1. The molecule has 0 spiro atoms. The van der Waals surface area contributed by atoms with E-state index in [0.29, 0.717) is 19.1 Å². The first-order chi connectivity index (χ1) is 11.1. The third kappa shape index (κ3) is 4.38. The van der Waals surface area contributed by atoms with Crippen molar-refractivity contribution in [2.45, 2.75) is 33.7 Å². The zero-order chi connectivity index (χ0) is 16.8. The molecule has 1 saturated heterocycles. The first-order valence-electron chi connectivity index (χ1n) is 8.47. The summed E-state index contributed by atoms with van der Waals surface area (Å²) in [5, 5.41) is 6.31. The molecule has 128 valence electrons. The van der Waals surface area contributed by atoms with Gasteiger partial charge in [-0.1, -0.05) is 13.0 Å². The van der Waals surface area contributed by atoms with Gasteiger partial charge in [-0.15, -0.1) is 0 Å². The summed E-state index contributed by atoms with van der Waals surface area (Å²) in [6.45, 7) is 10.9. The Morgan fingerprint density at radius 2 is 1.87 bits per heavy atom. The van der Waals surface area contributed by atoms with Gasteiger partial charge in [0.25, 0.3) is 0 Å². The van der Waals surface area contributed by atoms with E-state index in [4.69, 9.17) is 9.47 Å². The standard InChI is InChI=1S/C18H28N2O3/c1-5-22-16-8-7-14(9-17(16)23-6-2)13(4)20-18(21)12(3)15-10-19-11-15/h7-9,12-13,15,19H,5-6,10-11H2,1-4H3,(H,20,21). The summed E-state index contributed by atoms with van der Waals surface area (Å²) in [6.07, 6.45) is 0. The maximum absolute atomic E-state index is 12.3. The van der Waals surface area contributed by atoms with Crippen molar-refractivity contribution < 1.29 is 14.3 Å². The Hall–Kier alpha value is -1.75. The van der Waals surface area contributed by atoms with Crippen molar-refractivity contribution in [3.63, 3.8) is 0 Å². The fraction of sp³-hybridized carbons (Fsp3) is 0.611. The quantitative estimate of drug-likeness (QED) is 0.773. The van der Waals surface area contributed by atoms with Crippen LogP contribution in [0, 0.1) is 11.8 Å². The molecule has 1 aromatic carbocycles. The molecule has 0 aromatic heterocycles. The van der Waals surface area contributed by atoms with Gasteiger partial charge in [0, 0.05) is 5.92 Å². The molecule has 5 heteroatoms. The number of ether oxygens (including phenoxy) is 2. The second-order valence-corrected chi connectivity index (χ2v) is 6.01. The first-order valence-corrected chi connectivity index (χ1v) is 8.47. The average molecular weight is 320 g/mol. The highest BCUT2D eigenvalue weighted by Crippen LogP contribution is 2.31. The van der Waals surface area contributed by atoms with Crippen LogP contribution in [0.4, 0.5) is 0 Å². The number of rotatable bonds is 8. The predicted octanol–water partition coefficient (Wildman–Crippen LogP) is 2.52. The van der Waals surface area contributed by atoms with Crippen molar-refractivity contribution in [1.82, 2.24) is 10.6 Å². The third-order valence-electron chi connectivity index (χ3n) is 4.36. The summed E-state index contributed by atoms with van der Waals surface area (Å²) in [7, 11) is 0. The van der Waals surface area contributed by atoms with Crippen molar-refractivity contribution in [2.24, 2.45) is 11.8 Å². The van der Waals surface area contributed by atoms with Crippen molar-refractivity contribution in [2.75, 3.05) is 26.3 Å². The van der Waals surface area contributed by atoms with Gasteiger partial charge >= 0.3 is 0 Å². The molecule has 1 amide bonds. The molecule has 1 heterocycles. The Morgan fingerprint density at radius 1 is 1.22 bits per heavy atom. The summed E-state index contributed by atoms with van der Waals surface area (Å²) in [4.78, 5) is 12.3. The largest absolute Gasteiger partial charge is 0.490 e. The van der Waals surface area contributed by atoms with E-state index in [1.54, 1.807) is 0 Å². The Kier molecular flexibility index (Phi) is 6.28. The van der Waals surface area contributed by atoms with E-state index in [1.165, 1.54) is 0 Å². The Labute approximate surface area is 138 Å². The van der Waals surface area contributed by atoms with Crippen LogP contribution in [0.15, 0.2) is 18.2 Å². The van der Waals surface area contributed by atoms with Crippen LogP contribution in [-0.4, -0.2) is 32.2 Å². The molecule has 0 bridgehead atoms. The maximum atomic E-state index is 12.3. The summed E-state index contributed by atoms with van der Waals surface area (Å²) in [5.74, 6) is 2.06. The van der Waals surface area contributed by atoms with E-state index >= 15 is 0 Å². The SMILES string of the molecule is CCOc1ccc(C(C)NC(=O)C(C)C2CNC2)cc1OCC. The van der Waals surface area contributed by atoms with E-state index in [-0.39, 0.29) is 17.9 Å². The van der Waals surface area contributed by atoms with E-state index in [9.17, 15) is 4.79 Å². The maximum Gasteiger partial charge on any atom is 0.223 e. The second kappa shape index (κ2) is 8.20. The highest BCUT2D eigenvalue weighted by molar-refractivity contribution is 5.79. The molecule has 1 fully saturated rings. The zero-order valence-electron chi connectivity index (χ0n) is 14.5. The lowest BCUT2D eigenvalue weighted by Crippen LogP contribution is -2.49. The molecule has 2 rings (SSSR count). The molecule has 2 N–H and O–H groups in total. The van der Waals surface area contributed by atoms with E-state index in [2.05, 4.69) is 10.6 Å². The molecule has 2 atom stereocenters. The van der Waals surface area contributed by atoms with E-state index in [0.717, 1.165) is 30.2 Å². The van der Waals surface area contributed by atoms with Gasteiger partial charge in [0.15, 0.2) is 11.5 Å². The summed E-state index contributed by atoms with van der Waals surface area (Å²) < 4.78 is 11.2. The zero-order valence-corrected chi connectivity index (χ0v) is 14.5. The third-order valence-corrected chi connectivity index (χ3v) is 4.36. The molecule has 0 aliphatic carbocycles. The number of carbonyl (C=O) groups excluding carboxylic acids is 1. The van der Waals surface area contributed by atoms with E-state index < -0.39 is 0 Å². The highest BCUT2D eigenvalue weighted by atomic mass is 16.5. The van der Waals surface area contributed by atoms with Crippen LogP contribution in [0.25, 0.3) is 0 Å². The van der Waals surface area contributed by atoms with Crippen molar-refractivity contribution in [3.05, 3.63) is 23.8 Å². The number of hydrogen-bond acceptors (Lipinski definition) is 4. The molecule has 1 aliphatic rings. The minimum atomic E-state index is -0.0622. The van der Waals surface area contributed by atoms with Gasteiger partial charge in [0.05, 0.1) is 19.3 Å². The minimum Gasteiger partial charge on any atom is -0.490 e. The lowest BCUT2D eigenvalue weighted by atomic mass is 9.88. The number of nitrogens with one attached hydrogen (secondary N) is 2.